The van der Waals surface area contributed by atoms with Gasteiger partial charge in [0.15, 0.2) is 0 Å². The number of benzene rings is 1. The number of unbranched alkanes of at least 4 members (excludes halogenated alkanes) is 4. The summed E-state index contributed by atoms with van der Waals surface area (Å²) < 4.78 is 0. The van der Waals surface area contributed by atoms with Crippen molar-refractivity contribution >= 4 is 17.3 Å². The molecule has 0 radical (unpaired) electrons. The monoisotopic (exact) mass is 305 g/mol. The van der Waals surface area contributed by atoms with Crippen LogP contribution in [0.25, 0.3) is 0 Å². The third-order valence-electron chi connectivity index (χ3n) is 3.33. The van der Waals surface area contributed by atoms with Gasteiger partial charge < -0.3 is 0 Å². The van der Waals surface area contributed by atoms with Crippen LogP contribution < -0.4 is 5.43 Å². The van der Waals surface area contributed by atoms with Crippen LogP contribution in [0.4, 0.5) is 5.69 Å². The maximum atomic E-state index is 11.7. The number of nitro benzene ring substituents is 1. The number of hydrogen-bond acceptors (Lipinski definition) is 4. The molecular weight excluding hydrogens is 282 g/mol. The Morgan fingerprint density at radius 1 is 1.27 bits per heavy atom. The molecule has 0 heterocycles. The van der Waals surface area contributed by atoms with Gasteiger partial charge in [-0.25, -0.2) is 5.43 Å². The Balaban J connectivity index is 2.46. The van der Waals surface area contributed by atoms with Crippen LogP contribution in [0.15, 0.2) is 29.4 Å². The Morgan fingerprint density at radius 2 is 2.00 bits per heavy atom. The normalized spacial score (nSPS) is 11.3. The second-order valence-corrected chi connectivity index (χ2v) is 5.20. The van der Waals surface area contributed by atoms with E-state index in [1.165, 1.54) is 25.0 Å². The summed E-state index contributed by atoms with van der Waals surface area (Å²) in [6.45, 7) is 3.86. The topological polar surface area (TPSA) is 84.6 Å². The third kappa shape index (κ3) is 6.47. The van der Waals surface area contributed by atoms with Crippen molar-refractivity contribution in [3.05, 3.63) is 39.9 Å². The van der Waals surface area contributed by atoms with Crippen molar-refractivity contribution in [2.75, 3.05) is 0 Å². The highest BCUT2D eigenvalue weighted by Crippen LogP contribution is 2.13. The summed E-state index contributed by atoms with van der Waals surface area (Å²) in [5.41, 5.74) is 3.68. The van der Waals surface area contributed by atoms with Crippen LogP contribution in [0, 0.1) is 10.1 Å². The molecule has 0 aromatic heterocycles. The molecule has 0 spiro atoms. The molecule has 0 aliphatic heterocycles. The summed E-state index contributed by atoms with van der Waals surface area (Å²) in [5, 5.41) is 14.7. The second-order valence-electron chi connectivity index (χ2n) is 5.20. The zero-order chi connectivity index (χ0) is 16.4. The predicted molar refractivity (Wildman–Crippen MR) is 86.8 cm³/mol. The highest BCUT2D eigenvalue weighted by molar-refractivity contribution is 5.99. The van der Waals surface area contributed by atoms with Gasteiger partial charge in [-0.3, -0.25) is 14.9 Å². The molecule has 0 atom stereocenters. The molecule has 22 heavy (non-hydrogen) atoms. The molecule has 0 unspecified atom stereocenters. The van der Waals surface area contributed by atoms with Crippen molar-refractivity contribution in [1.29, 1.82) is 0 Å². The lowest BCUT2D eigenvalue weighted by molar-refractivity contribution is -0.384. The van der Waals surface area contributed by atoms with Crippen molar-refractivity contribution in [3.63, 3.8) is 0 Å². The Labute approximate surface area is 130 Å². The minimum Gasteiger partial charge on any atom is -0.273 e. The van der Waals surface area contributed by atoms with Gasteiger partial charge in [0.25, 0.3) is 5.69 Å². The van der Waals surface area contributed by atoms with E-state index in [-0.39, 0.29) is 11.6 Å². The summed E-state index contributed by atoms with van der Waals surface area (Å²) in [6.07, 6.45) is 5.89. The predicted octanol–water partition coefficient (Wildman–Crippen LogP) is 3.80. The van der Waals surface area contributed by atoms with Crippen LogP contribution in [-0.4, -0.2) is 16.5 Å². The molecule has 1 aromatic rings. The first kappa shape index (κ1) is 17.8. The first-order valence-corrected chi connectivity index (χ1v) is 7.62. The summed E-state index contributed by atoms with van der Waals surface area (Å²) in [5.74, 6) is -0.124. The fourth-order valence-electron chi connectivity index (χ4n) is 2.00. The van der Waals surface area contributed by atoms with Gasteiger partial charge in [0.1, 0.15) is 0 Å². The average molecular weight is 305 g/mol. The minimum absolute atomic E-state index is 0.00861. The number of nitro groups is 1. The van der Waals surface area contributed by atoms with Crippen LogP contribution >= 0.6 is 0 Å². The molecule has 0 aliphatic rings. The van der Waals surface area contributed by atoms with Gasteiger partial charge >= 0.3 is 0 Å². The van der Waals surface area contributed by atoms with Crippen molar-refractivity contribution in [1.82, 2.24) is 5.43 Å². The molecule has 0 aliphatic carbocycles. The lowest BCUT2D eigenvalue weighted by Gasteiger charge is -2.03. The summed E-state index contributed by atoms with van der Waals surface area (Å²) in [4.78, 5) is 21.9. The highest BCUT2D eigenvalue weighted by atomic mass is 16.6. The average Bonchev–Trinajstić information content (AvgIpc) is 2.52. The lowest BCUT2D eigenvalue weighted by atomic mass is 10.1. The number of nitrogens with one attached hydrogen (secondary N) is 1. The Hall–Kier alpha value is -2.24. The van der Waals surface area contributed by atoms with E-state index in [1.807, 2.05) is 0 Å². The van der Waals surface area contributed by atoms with Gasteiger partial charge in [0.05, 0.1) is 10.6 Å². The van der Waals surface area contributed by atoms with E-state index < -0.39 is 4.92 Å². The smallest absolute Gasteiger partial charge is 0.270 e. The van der Waals surface area contributed by atoms with E-state index in [1.54, 1.807) is 19.1 Å². The first-order valence-electron chi connectivity index (χ1n) is 7.62. The van der Waals surface area contributed by atoms with E-state index in [0.29, 0.717) is 17.7 Å². The van der Waals surface area contributed by atoms with E-state index in [2.05, 4.69) is 17.5 Å². The molecule has 6 nitrogen and oxygen atoms in total. The maximum Gasteiger partial charge on any atom is 0.270 e. The van der Waals surface area contributed by atoms with Crippen LogP contribution in [0.2, 0.25) is 0 Å². The molecule has 1 rings (SSSR count). The number of carbonyl (C=O) groups is 1. The van der Waals surface area contributed by atoms with Gasteiger partial charge in [0, 0.05) is 24.1 Å². The summed E-state index contributed by atoms with van der Waals surface area (Å²) in [6, 6.07) is 6.19. The highest BCUT2D eigenvalue weighted by Gasteiger charge is 2.07. The van der Waals surface area contributed by atoms with Crippen LogP contribution in [0.5, 0.6) is 0 Å². The number of non-ortho nitro benzene ring substituents is 1. The second kappa shape index (κ2) is 9.65. The zero-order valence-electron chi connectivity index (χ0n) is 13.2. The summed E-state index contributed by atoms with van der Waals surface area (Å²) in [7, 11) is 0. The minimum atomic E-state index is -0.453. The molecule has 1 aromatic carbocycles. The summed E-state index contributed by atoms with van der Waals surface area (Å²) >= 11 is 0. The Bertz CT molecular complexity index is 541. The number of nitrogens with zero attached hydrogens (tertiary/aromatic N) is 2. The molecule has 1 N–H and O–H groups in total. The quantitative estimate of drug-likeness (QED) is 0.326. The molecule has 0 saturated carbocycles. The van der Waals surface area contributed by atoms with Gasteiger partial charge in [-0.05, 0) is 13.3 Å². The van der Waals surface area contributed by atoms with Gasteiger partial charge in [-0.15, -0.1) is 0 Å². The van der Waals surface area contributed by atoms with E-state index in [9.17, 15) is 14.9 Å². The van der Waals surface area contributed by atoms with Crippen molar-refractivity contribution in [3.8, 4) is 0 Å². The number of hydrazone groups is 1. The largest absolute Gasteiger partial charge is 0.273 e. The third-order valence-corrected chi connectivity index (χ3v) is 3.33. The molecule has 120 valence electrons. The maximum absolute atomic E-state index is 11.7. The molecule has 0 saturated heterocycles. The van der Waals surface area contributed by atoms with E-state index >= 15 is 0 Å². The number of rotatable bonds is 9. The van der Waals surface area contributed by atoms with Gasteiger partial charge in [-0.2, -0.15) is 5.10 Å². The Morgan fingerprint density at radius 3 is 2.68 bits per heavy atom. The fraction of sp³-hybridized carbons (Fsp3) is 0.500. The van der Waals surface area contributed by atoms with Gasteiger partial charge in [-0.1, -0.05) is 44.7 Å². The van der Waals surface area contributed by atoms with E-state index in [4.69, 9.17) is 0 Å². The van der Waals surface area contributed by atoms with Crippen molar-refractivity contribution in [2.45, 2.75) is 52.4 Å². The molecule has 1 amide bonds. The number of amides is 1. The van der Waals surface area contributed by atoms with Crippen LogP contribution in [0.3, 0.4) is 0 Å². The molecular formula is C16H23N3O3. The number of hydrogen-bond donors (Lipinski definition) is 1. The molecule has 0 bridgehead atoms. The van der Waals surface area contributed by atoms with Crippen LogP contribution in [-0.2, 0) is 4.79 Å². The molecule has 0 fully saturated rings. The van der Waals surface area contributed by atoms with E-state index in [0.717, 1.165) is 19.3 Å². The SMILES string of the molecule is CCCCCCCC(=O)N/N=C(\C)c1cccc([N+](=O)[O-])c1. The van der Waals surface area contributed by atoms with Crippen molar-refractivity contribution < 1.29 is 9.72 Å². The van der Waals surface area contributed by atoms with Gasteiger partial charge in [0.2, 0.25) is 5.91 Å². The van der Waals surface area contributed by atoms with Crippen LogP contribution in [0.1, 0.15) is 57.9 Å². The Kier molecular flexibility index (Phi) is 7.81. The van der Waals surface area contributed by atoms with Crippen molar-refractivity contribution in [2.24, 2.45) is 5.10 Å². The zero-order valence-corrected chi connectivity index (χ0v) is 13.2. The first-order chi connectivity index (χ1) is 10.5. The lowest BCUT2D eigenvalue weighted by Crippen LogP contribution is -2.18. The molecule has 6 heteroatoms. The standard InChI is InChI=1S/C16H23N3O3/c1-3-4-5-6-7-11-16(20)18-17-13(2)14-9-8-10-15(12-14)19(21)22/h8-10,12H,3-7,11H2,1-2H3,(H,18,20)/b17-13+. The fourth-order valence-corrected chi connectivity index (χ4v) is 2.00. The number of carbonyl (C=O) groups excluding carboxylic acids is 1.